The molecule has 11 nitrogen and oxygen atoms in total. The molecule has 2 saturated heterocycles. The van der Waals surface area contributed by atoms with Gasteiger partial charge in [0.2, 0.25) is 5.91 Å². The third-order valence-corrected chi connectivity index (χ3v) is 6.61. The molecule has 2 fully saturated rings. The van der Waals surface area contributed by atoms with Gasteiger partial charge in [-0.25, -0.2) is 20.0 Å². The van der Waals surface area contributed by atoms with Crippen LogP contribution in [-0.2, 0) is 19.1 Å². The molecule has 0 aromatic heterocycles. The predicted molar refractivity (Wildman–Crippen MR) is 137 cm³/mol. The number of carbonyl (C=O) groups excluding carboxylic acids is 4. The Kier molecular flexibility index (Phi) is 10.1. The summed E-state index contributed by atoms with van der Waals surface area (Å²) in [7, 11) is 0. The predicted octanol–water partition coefficient (Wildman–Crippen LogP) is 2.47. The summed E-state index contributed by atoms with van der Waals surface area (Å²) in [4.78, 5) is 53.5. The molecule has 0 spiro atoms. The minimum absolute atomic E-state index is 0.00186. The molecule has 41 heavy (non-hydrogen) atoms. The number of piperidine rings is 1. The molecule has 0 unspecified atom stereocenters. The maximum Gasteiger partial charge on any atom is 0.411 e. The SMILES string of the molecule is CC(C)(C)OC(=O)N1C[C@@H](NC(=O)COc2ccc(Cl)c(F)c2)CC[C@@H]1C(=O)N(N)C(=O)C1CN(CC(F)(F)F)C1. The first-order chi connectivity index (χ1) is 18.9. The lowest BCUT2D eigenvalue weighted by atomic mass is 9.96. The Morgan fingerprint density at radius 3 is 2.34 bits per heavy atom. The van der Waals surface area contributed by atoms with E-state index < -0.39 is 72.6 Å². The zero-order valence-corrected chi connectivity index (χ0v) is 23.4. The molecule has 0 bridgehead atoms. The number of hydrogen-bond acceptors (Lipinski definition) is 8. The number of likely N-dealkylation sites (tertiary alicyclic amines) is 2. The molecule has 2 aliphatic rings. The Morgan fingerprint density at radius 2 is 1.76 bits per heavy atom. The first kappa shape index (κ1) is 32.3. The molecule has 3 N–H and O–H groups in total. The van der Waals surface area contributed by atoms with Gasteiger partial charge in [-0.3, -0.25) is 24.2 Å². The van der Waals surface area contributed by atoms with Crippen LogP contribution < -0.4 is 15.9 Å². The largest absolute Gasteiger partial charge is 0.484 e. The number of nitrogens with zero attached hydrogens (tertiary/aromatic N) is 3. The quantitative estimate of drug-likeness (QED) is 0.158. The molecule has 3 rings (SSSR count). The van der Waals surface area contributed by atoms with Crippen molar-refractivity contribution in [2.24, 2.45) is 11.8 Å². The van der Waals surface area contributed by atoms with Crippen molar-refractivity contribution in [2.45, 2.75) is 57.5 Å². The molecule has 1 aromatic rings. The van der Waals surface area contributed by atoms with Crippen molar-refractivity contribution >= 4 is 35.4 Å². The van der Waals surface area contributed by atoms with Gasteiger partial charge in [-0.1, -0.05) is 11.6 Å². The Hall–Kier alpha value is -3.17. The number of halogens is 5. The fourth-order valence-corrected chi connectivity index (χ4v) is 4.54. The summed E-state index contributed by atoms with van der Waals surface area (Å²) >= 11 is 5.63. The van der Waals surface area contributed by atoms with Gasteiger partial charge in [-0.05, 0) is 45.7 Å². The highest BCUT2D eigenvalue weighted by atomic mass is 35.5. The van der Waals surface area contributed by atoms with E-state index in [1.807, 2.05) is 0 Å². The van der Waals surface area contributed by atoms with E-state index in [0.717, 1.165) is 15.9 Å². The Balaban J connectivity index is 1.62. The fourth-order valence-electron chi connectivity index (χ4n) is 4.43. The zero-order valence-electron chi connectivity index (χ0n) is 22.7. The van der Waals surface area contributed by atoms with Crippen molar-refractivity contribution in [3.8, 4) is 5.75 Å². The molecule has 16 heteroatoms. The van der Waals surface area contributed by atoms with Crippen LogP contribution in [0.4, 0.5) is 22.4 Å². The Morgan fingerprint density at radius 1 is 1.10 bits per heavy atom. The number of benzene rings is 1. The number of hydrazine groups is 1. The summed E-state index contributed by atoms with van der Waals surface area (Å²) in [6, 6.07) is 1.84. The summed E-state index contributed by atoms with van der Waals surface area (Å²) in [6.45, 7) is 2.61. The van der Waals surface area contributed by atoms with Crippen LogP contribution in [0.3, 0.4) is 0 Å². The molecule has 0 aliphatic carbocycles. The van der Waals surface area contributed by atoms with Crippen molar-refractivity contribution in [1.82, 2.24) is 20.1 Å². The summed E-state index contributed by atoms with van der Waals surface area (Å²) in [6.07, 6.45) is -5.10. The highest BCUT2D eigenvalue weighted by molar-refractivity contribution is 6.30. The monoisotopic (exact) mass is 609 g/mol. The fraction of sp³-hybridized carbons (Fsp3) is 0.600. The third-order valence-electron chi connectivity index (χ3n) is 6.31. The average Bonchev–Trinajstić information content (AvgIpc) is 2.83. The average molecular weight is 610 g/mol. The first-order valence-corrected chi connectivity index (χ1v) is 13.1. The maximum atomic E-state index is 13.6. The van der Waals surface area contributed by atoms with E-state index >= 15 is 0 Å². The smallest absolute Gasteiger partial charge is 0.411 e. The van der Waals surface area contributed by atoms with E-state index in [1.54, 1.807) is 20.8 Å². The zero-order chi connectivity index (χ0) is 30.7. The molecule has 2 heterocycles. The topological polar surface area (TPSA) is 135 Å². The summed E-state index contributed by atoms with van der Waals surface area (Å²) < 4.78 is 62.0. The Labute approximate surface area is 238 Å². The molecule has 1 aromatic carbocycles. The highest BCUT2D eigenvalue weighted by Gasteiger charge is 2.45. The van der Waals surface area contributed by atoms with Crippen molar-refractivity contribution in [3.63, 3.8) is 0 Å². The van der Waals surface area contributed by atoms with Crippen LogP contribution in [0.1, 0.15) is 33.6 Å². The number of imide groups is 1. The van der Waals surface area contributed by atoms with E-state index in [9.17, 15) is 36.7 Å². The molecule has 0 saturated carbocycles. The maximum absolute atomic E-state index is 13.6. The number of alkyl halides is 3. The molecular weight excluding hydrogens is 578 g/mol. The summed E-state index contributed by atoms with van der Waals surface area (Å²) in [5.41, 5.74) is -0.936. The van der Waals surface area contributed by atoms with Crippen LogP contribution in [0.25, 0.3) is 0 Å². The Bertz CT molecular complexity index is 1160. The molecular formula is C25H32ClF4N5O6. The van der Waals surface area contributed by atoms with Crippen molar-refractivity contribution in [3.05, 3.63) is 29.0 Å². The van der Waals surface area contributed by atoms with Crippen LogP contribution in [0.5, 0.6) is 5.75 Å². The van der Waals surface area contributed by atoms with E-state index in [4.69, 9.17) is 26.9 Å². The van der Waals surface area contributed by atoms with Crippen LogP contribution in [0.15, 0.2) is 18.2 Å². The lowest BCUT2D eigenvalue weighted by molar-refractivity contribution is -0.170. The second-order valence-electron chi connectivity index (χ2n) is 10.9. The second kappa shape index (κ2) is 12.8. The lowest BCUT2D eigenvalue weighted by Gasteiger charge is -2.42. The van der Waals surface area contributed by atoms with Crippen molar-refractivity contribution in [1.29, 1.82) is 0 Å². The van der Waals surface area contributed by atoms with Gasteiger partial charge in [0.05, 0.1) is 17.5 Å². The van der Waals surface area contributed by atoms with Crippen LogP contribution in [0, 0.1) is 11.7 Å². The van der Waals surface area contributed by atoms with Gasteiger partial charge in [0, 0.05) is 31.7 Å². The van der Waals surface area contributed by atoms with E-state index in [0.29, 0.717) is 5.01 Å². The molecule has 4 amide bonds. The van der Waals surface area contributed by atoms with E-state index in [1.165, 1.54) is 12.1 Å². The van der Waals surface area contributed by atoms with Crippen molar-refractivity contribution < 1.29 is 46.2 Å². The number of hydrogen-bond donors (Lipinski definition) is 2. The van der Waals surface area contributed by atoms with Gasteiger partial charge >= 0.3 is 12.3 Å². The minimum atomic E-state index is -4.42. The molecule has 0 radical (unpaired) electrons. The first-order valence-electron chi connectivity index (χ1n) is 12.7. The number of carbonyl (C=O) groups is 4. The van der Waals surface area contributed by atoms with Crippen LogP contribution in [-0.4, -0.2) is 95.3 Å². The van der Waals surface area contributed by atoms with Gasteiger partial charge in [-0.2, -0.15) is 13.2 Å². The number of nitrogens with two attached hydrogens (primary N) is 1. The van der Waals surface area contributed by atoms with E-state index in [2.05, 4.69) is 5.32 Å². The number of amides is 4. The molecule has 2 aliphatic heterocycles. The van der Waals surface area contributed by atoms with Gasteiger partial charge in [0.1, 0.15) is 23.2 Å². The summed E-state index contributed by atoms with van der Waals surface area (Å²) in [5.74, 6) is 1.89. The molecule has 2 atom stereocenters. The van der Waals surface area contributed by atoms with Gasteiger partial charge in [0.25, 0.3) is 11.8 Å². The summed E-state index contributed by atoms with van der Waals surface area (Å²) in [5, 5.41) is 2.92. The normalized spacial score (nSPS) is 20.2. The number of nitrogens with one attached hydrogen (secondary N) is 1. The van der Waals surface area contributed by atoms with Gasteiger partial charge in [0.15, 0.2) is 6.61 Å². The van der Waals surface area contributed by atoms with Crippen LogP contribution in [0.2, 0.25) is 5.02 Å². The van der Waals surface area contributed by atoms with E-state index in [-0.39, 0.29) is 43.2 Å². The highest BCUT2D eigenvalue weighted by Crippen LogP contribution is 2.26. The minimum Gasteiger partial charge on any atom is -0.484 e. The molecule has 228 valence electrons. The van der Waals surface area contributed by atoms with Gasteiger partial charge < -0.3 is 14.8 Å². The number of ether oxygens (including phenoxy) is 2. The van der Waals surface area contributed by atoms with Gasteiger partial charge in [-0.15, -0.1) is 0 Å². The van der Waals surface area contributed by atoms with Crippen LogP contribution >= 0.6 is 11.6 Å². The van der Waals surface area contributed by atoms with Crippen molar-refractivity contribution in [2.75, 3.05) is 32.8 Å². The number of rotatable bonds is 7. The lowest BCUT2D eigenvalue weighted by Crippen LogP contribution is -2.64. The second-order valence-corrected chi connectivity index (χ2v) is 11.3. The third kappa shape index (κ3) is 9.16. The standard InChI is InChI=1S/C25H32ClF4N5O6/c1-24(2,3)41-23(39)34-11-15(32-20(36)12-40-16-5-6-17(26)18(27)8-16)4-7-19(34)22(38)35(31)21(37)14-9-33(10-14)13-25(28,29)30/h5-6,8,14-15,19H,4,7,9-13,31H2,1-3H3,(H,32,36)/t15-,19+/m0/s1.